The lowest BCUT2D eigenvalue weighted by molar-refractivity contribution is -0.112. The van der Waals surface area contributed by atoms with Crippen LogP contribution in [0.15, 0.2) is 48.0 Å². The molecule has 0 heterocycles. The van der Waals surface area contributed by atoms with E-state index in [2.05, 4.69) is 5.32 Å². The van der Waals surface area contributed by atoms with Crippen molar-refractivity contribution in [3.05, 3.63) is 59.2 Å². The summed E-state index contributed by atoms with van der Waals surface area (Å²) in [6.45, 7) is 0. The number of methoxy groups -OCH3 is 1. The molecule has 0 spiro atoms. The molecule has 7 heteroatoms. The largest absolute Gasteiger partial charge is 0.504 e. The zero-order valence-corrected chi connectivity index (χ0v) is 15.2. The number of carbonyl (C=O) groups is 2. The molecule has 2 rings (SSSR count). The van der Waals surface area contributed by atoms with Crippen LogP contribution in [0.25, 0.3) is 6.08 Å². The van der Waals surface area contributed by atoms with Gasteiger partial charge in [0, 0.05) is 25.3 Å². The van der Waals surface area contributed by atoms with E-state index in [9.17, 15) is 20.0 Å². The molecule has 0 aliphatic carbocycles. The number of anilines is 1. The summed E-state index contributed by atoms with van der Waals surface area (Å²) in [7, 11) is 4.73. The van der Waals surface area contributed by atoms with Crippen molar-refractivity contribution in [3.63, 3.8) is 0 Å². The SMILES string of the molecule is COc1ccc(/C=C(\C#N)C(=O)Nc2ccc(C(=O)N(C)C)cc2)cc1O. The molecule has 27 heavy (non-hydrogen) atoms. The number of phenols is 1. The molecule has 0 unspecified atom stereocenters. The van der Waals surface area contributed by atoms with Gasteiger partial charge in [-0.05, 0) is 48.0 Å². The third-order valence-corrected chi connectivity index (χ3v) is 3.67. The zero-order chi connectivity index (χ0) is 20.0. The molecule has 0 aromatic heterocycles. The molecule has 0 radical (unpaired) electrons. The summed E-state index contributed by atoms with van der Waals surface area (Å²) < 4.78 is 4.96. The quantitative estimate of drug-likeness (QED) is 0.626. The van der Waals surface area contributed by atoms with Crippen molar-refractivity contribution < 1.29 is 19.4 Å². The molecule has 0 bridgehead atoms. The van der Waals surface area contributed by atoms with E-state index in [1.165, 1.54) is 30.2 Å². The molecule has 2 amide bonds. The van der Waals surface area contributed by atoms with E-state index < -0.39 is 5.91 Å². The van der Waals surface area contributed by atoms with Gasteiger partial charge in [-0.25, -0.2) is 0 Å². The maximum absolute atomic E-state index is 12.3. The number of amides is 2. The van der Waals surface area contributed by atoms with E-state index >= 15 is 0 Å². The molecule has 2 aromatic carbocycles. The van der Waals surface area contributed by atoms with Crippen molar-refractivity contribution in [1.29, 1.82) is 5.26 Å². The van der Waals surface area contributed by atoms with Gasteiger partial charge in [-0.2, -0.15) is 5.26 Å². The molecule has 0 aliphatic rings. The van der Waals surface area contributed by atoms with Crippen LogP contribution >= 0.6 is 0 Å². The first-order chi connectivity index (χ1) is 12.8. The molecule has 2 aromatic rings. The third kappa shape index (κ3) is 4.86. The summed E-state index contributed by atoms with van der Waals surface area (Å²) >= 11 is 0. The second-order valence-electron chi connectivity index (χ2n) is 5.83. The van der Waals surface area contributed by atoms with Crippen LogP contribution < -0.4 is 10.1 Å². The summed E-state index contributed by atoms with van der Waals surface area (Å²) in [4.78, 5) is 25.6. The van der Waals surface area contributed by atoms with Crippen molar-refractivity contribution in [3.8, 4) is 17.6 Å². The number of nitrogens with one attached hydrogen (secondary N) is 1. The predicted molar refractivity (Wildman–Crippen MR) is 101 cm³/mol. The Hall–Kier alpha value is -3.79. The molecular formula is C20H19N3O4. The number of benzene rings is 2. The molecule has 0 saturated carbocycles. The van der Waals surface area contributed by atoms with Crippen LogP contribution in [0.4, 0.5) is 5.69 Å². The number of nitriles is 1. The van der Waals surface area contributed by atoms with Gasteiger partial charge >= 0.3 is 0 Å². The van der Waals surface area contributed by atoms with Gasteiger partial charge in [0.05, 0.1) is 7.11 Å². The summed E-state index contributed by atoms with van der Waals surface area (Å²) in [5, 5.41) is 21.7. The highest BCUT2D eigenvalue weighted by Gasteiger charge is 2.12. The van der Waals surface area contributed by atoms with Crippen molar-refractivity contribution in [1.82, 2.24) is 4.90 Å². The number of hydrogen-bond acceptors (Lipinski definition) is 5. The van der Waals surface area contributed by atoms with Gasteiger partial charge in [0.2, 0.25) is 0 Å². The van der Waals surface area contributed by atoms with Crippen LogP contribution in [0.3, 0.4) is 0 Å². The highest BCUT2D eigenvalue weighted by molar-refractivity contribution is 6.09. The van der Waals surface area contributed by atoms with E-state index in [0.29, 0.717) is 22.6 Å². The molecule has 0 atom stereocenters. The van der Waals surface area contributed by atoms with Crippen LogP contribution in [0.2, 0.25) is 0 Å². The minimum absolute atomic E-state index is 0.0925. The number of hydrogen-bond donors (Lipinski definition) is 2. The van der Waals surface area contributed by atoms with Crippen molar-refractivity contribution >= 4 is 23.6 Å². The Kier molecular flexibility index (Phi) is 6.18. The third-order valence-electron chi connectivity index (χ3n) is 3.67. The lowest BCUT2D eigenvalue weighted by Gasteiger charge is -2.11. The van der Waals surface area contributed by atoms with E-state index in [-0.39, 0.29) is 17.2 Å². The number of aromatic hydroxyl groups is 1. The van der Waals surface area contributed by atoms with Crippen LogP contribution in [-0.4, -0.2) is 43.0 Å². The summed E-state index contributed by atoms with van der Waals surface area (Å²) in [6.07, 6.45) is 1.36. The topological polar surface area (TPSA) is 103 Å². The first kappa shape index (κ1) is 19.5. The summed E-state index contributed by atoms with van der Waals surface area (Å²) in [5.74, 6) is -0.545. The molecule has 138 valence electrons. The van der Waals surface area contributed by atoms with Crippen LogP contribution in [-0.2, 0) is 4.79 Å². The average molecular weight is 365 g/mol. The van der Waals surface area contributed by atoms with Gasteiger partial charge in [0.1, 0.15) is 11.6 Å². The Bertz CT molecular complexity index is 925. The van der Waals surface area contributed by atoms with E-state index in [4.69, 9.17) is 4.74 Å². The molecule has 7 nitrogen and oxygen atoms in total. The minimum atomic E-state index is -0.598. The second-order valence-corrected chi connectivity index (χ2v) is 5.83. The first-order valence-corrected chi connectivity index (χ1v) is 7.97. The maximum Gasteiger partial charge on any atom is 0.266 e. The van der Waals surface area contributed by atoms with E-state index in [0.717, 1.165) is 0 Å². The standard InChI is InChI=1S/C20H19N3O4/c1-23(2)20(26)14-5-7-16(8-6-14)22-19(25)15(12-21)10-13-4-9-18(27-3)17(24)11-13/h4-11,24H,1-3H3,(H,22,25)/b15-10+. The Morgan fingerprint density at radius 3 is 2.37 bits per heavy atom. The van der Waals surface area contributed by atoms with Gasteiger partial charge in [-0.1, -0.05) is 6.07 Å². The Morgan fingerprint density at radius 1 is 1.19 bits per heavy atom. The lowest BCUT2D eigenvalue weighted by Crippen LogP contribution is -2.21. The number of rotatable bonds is 5. The lowest BCUT2D eigenvalue weighted by atomic mass is 10.1. The molecule has 2 N–H and O–H groups in total. The highest BCUT2D eigenvalue weighted by atomic mass is 16.5. The summed E-state index contributed by atoms with van der Waals surface area (Å²) in [5.41, 5.74) is 1.29. The first-order valence-electron chi connectivity index (χ1n) is 7.97. The number of phenolic OH excluding ortho intramolecular Hbond substituents is 1. The fourth-order valence-corrected chi connectivity index (χ4v) is 2.26. The number of ether oxygens (including phenoxy) is 1. The fourth-order valence-electron chi connectivity index (χ4n) is 2.26. The van der Waals surface area contributed by atoms with Crippen LogP contribution in [0.5, 0.6) is 11.5 Å². The Morgan fingerprint density at radius 2 is 1.85 bits per heavy atom. The second kappa shape index (κ2) is 8.54. The maximum atomic E-state index is 12.3. The number of carbonyl (C=O) groups excluding carboxylic acids is 2. The molecular weight excluding hydrogens is 346 g/mol. The van der Waals surface area contributed by atoms with Crippen molar-refractivity contribution in [2.45, 2.75) is 0 Å². The Balaban J connectivity index is 2.16. The Labute approximate surface area is 157 Å². The van der Waals surface area contributed by atoms with Gasteiger partial charge in [-0.3, -0.25) is 9.59 Å². The minimum Gasteiger partial charge on any atom is -0.504 e. The zero-order valence-electron chi connectivity index (χ0n) is 15.2. The van der Waals surface area contributed by atoms with Crippen molar-refractivity contribution in [2.75, 3.05) is 26.5 Å². The normalized spacial score (nSPS) is 10.7. The van der Waals surface area contributed by atoms with Crippen LogP contribution in [0, 0.1) is 11.3 Å². The average Bonchev–Trinajstić information content (AvgIpc) is 2.66. The van der Waals surface area contributed by atoms with Gasteiger partial charge in [0.15, 0.2) is 11.5 Å². The van der Waals surface area contributed by atoms with E-state index in [1.54, 1.807) is 44.4 Å². The monoisotopic (exact) mass is 365 g/mol. The van der Waals surface area contributed by atoms with Gasteiger partial charge in [0.25, 0.3) is 11.8 Å². The smallest absolute Gasteiger partial charge is 0.266 e. The summed E-state index contributed by atoms with van der Waals surface area (Å²) in [6, 6.07) is 12.7. The van der Waals surface area contributed by atoms with Gasteiger partial charge in [-0.15, -0.1) is 0 Å². The molecule has 0 saturated heterocycles. The number of nitrogens with zero attached hydrogens (tertiary/aromatic N) is 2. The molecule has 0 aliphatic heterocycles. The van der Waals surface area contributed by atoms with Crippen LogP contribution in [0.1, 0.15) is 15.9 Å². The van der Waals surface area contributed by atoms with Gasteiger partial charge < -0.3 is 20.1 Å². The van der Waals surface area contributed by atoms with E-state index in [1.807, 2.05) is 6.07 Å². The molecule has 0 fully saturated rings. The fraction of sp³-hybridized carbons (Fsp3) is 0.150. The van der Waals surface area contributed by atoms with Crippen molar-refractivity contribution in [2.24, 2.45) is 0 Å². The highest BCUT2D eigenvalue weighted by Crippen LogP contribution is 2.27. The predicted octanol–water partition coefficient (Wildman–Crippen LogP) is 2.65.